The third-order valence-electron chi connectivity index (χ3n) is 7.43. The van der Waals surface area contributed by atoms with Gasteiger partial charge in [-0.1, -0.05) is 72.8 Å². The molecule has 6 N–H and O–H groups in total. The van der Waals surface area contributed by atoms with E-state index in [1.807, 2.05) is 103 Å². The summed E-state index contributed by atoms with van der Waals surface area (Å²) in [6, 6.07) is 33.4. The van der Waals surface area contributed by atoms with E-state index < -0.39 is 0 Å². The maximum absolute atomic E-state index is 9.24. The molecule has 0 aliphatic rings. The van der Waals surface area contributed by atoms with Gasteiger partial charge in [0.15, 0.2) is 17.3 Å². The average molecular weight is 679 g/mol. The van der Waals surface area contributed by atoms with E-state index in [2.05, 4.69) is 56.3 Å². The van der Waals surface area contributed by atoms with Gasteiger partial charge in [0.2, 0.25) is 0 Å². The number of aromatic amines is 2. The molecule has 0 radical (unpaired) electrons. The van der Waals surface area contributed by atoms with Crippen molar-refractivity contribution in [1.29, 1.82) is 5.26 Å². The minimum absolute atomic E-state index is 0.122. The molecule has 4 aromatic heterocycles. The predicted octanol–water partition coefficient (Wildman–Crippen LogP) is 7.17. The molecule has 47 heavy (non-hydrogen) atoms. The molecule has 8 aromatic rings. The molecule has 4 aromatic carbocycles. The summed E-state index contributed by atoms with van der Waals surface area (Å²) in [5.41, 5.74) is 20.4. The quantitative estimate of drug-likeness (QED) is 0.150. The summed E-state index contributed by atoms with van der Waals surface area (Å²) in [7, 11) is 0. The van der Waals surface area contributed by atoms with E-state index in [1.54, 1.807) is 12.4 Å². The fraction of sp³-hybridized carbons (Fsp3) is 0. The van der Waals surface area contributed by atoms with Gasteiger partial charge in [-0.2, -0.15) is 15.5 Å². The Hall–Kier alpha value is -6.45. The minimum atomic E-state index is 0.122. The zero-order valence-electron chi connectivity index (χ0n) is 24.6. The molecule has 0 fully saturated rings. The summed E-state index contributed by atoms with van der Waals surface area (Å²) >= 11 is 3.38. The fourth-order valence-corrected chi connectivity index (χ4v) is 5.40. The van der Waals surface area contributed by atoms with Crippen LogP contribution >= 0.6 is 15.9 Å². The van der Waals surface area contributed by atoms with Crippen LogP contribution in [0.25, 0.3) is 66.8 Å². The van der Waals surface area contributed by atoms with Crippen molar-refractivity contribution in [3.05, 3.63) is 120 Å². The number of nitriles is 1. The number of anilines is 2. The van der Waals surface area contributed by atoms with Crippen molar-refractivity contribution in [3.63, 3.8) is 0 Å². The largest absolute Gasteiger partial charge is 0.381 e. The number of H-pyrrole nitrogens is 2. The number of nitrogen functional groups attached to an aromatic ring is 2. The molecular formula is C35H24BrN11. The van der Waals surface area contributed by atoms with Gasteiger partial charge in [-0.3, -0.25) is 10.2 Å². The van der Waals surface area contributed by atoms with E-state index >= 15 is 0 Å². The number of aromatic nitrogens is 8. The van der Waals surface area contributed by atoms with Crippen LogP contribution in [0.5, 0.6) is 0 Å². The third kappa shape index (κ3) is 5.86. The van der Waals surface area contributed by atoms with Crippen LogP contribution in [0.15, 0.2) is 114 Å². The fourth-order valence-electron chi connectivity index (χ4n) is 5.14. The van der Waals surface area contributed by atoms with Crippen molar-refractivity contribution in [3.8, 4) is 51.1 Å². The lowest BCUT2D eigenvalue weighted by atomic mass is 10.0. The van der Waals surface area contributed by atoms with Gasteiger partial charge < -0.3 is 11.5 Å². The number of nitrogens with one attached hydrogen (secondary N) is 2. The molecule has 8 rings (SSSR count). The standard InChI is InChI=1S/C18H12N6.C17H12BrN5/c19-9-15-18(20)23-16(11-4-2-1-3-5-11)17(22-15)12-6-7-14-13(8-12)10-21-24-14;18-16-17(19)22-14(10-4-2-1-3-5-10)15(21-16)11-6-7-13-12(8-11)9-20-23-13/h1-8,10H,(H2,20,23)(H,21,24);1-9H,(H2,19,22)(H,20,23). The molecule has 0 saturated heterocycles. The van der Waals surface area contributed by atoms with E-state index in [9.17, 15) is 5.26 Å². The first kappa shape index (κ1) is 29.3. The molecule has 0 unspecified atom stereocenters. The number of halogens is 1. The monoisotopic (exact) mass is 677 g/mol. The lowest BCUT2D eigenvalue weighted by Gasteiger charge is -2.10. The number of benzene rings is 4. The molecule has 12 heteroatoms. The average Bonchev–Trinajstić information content (AvgIpc) is 3.79. The Kier molecular flexibility index (Phi) is 7.79. The highest BCUT2D eigenvalue weighted by Gasteiger charge is 2.17. The molecule has 0 bridgehead atoms. The first-order valence-corrected chi connectivity index (χ1v) is 15.2. The Morgan fingerprint density at radius 2 is 1.02 bits per heavy atom. The predicted molar refractivity (Wildman–Crippen MR) is 186 cm³/mol. The first-order chi connectivity index (χ1) is 23.0. The van der Waals surface area contributed by atoms with Crippen LogP contribution in [-0.2, 0) is 0 Å². The molecule has 4 heterocycles. The molecular weight excluding hydrogens is 654 g/mol. The van der Waals surface area contributed by atoms with Crippen molar-refractivity contribution < 1.29 is 0 Å². The Morgan fingerprint density at radius 1 is 0.553 bits per heavy atom. The number of nitrogens with two attached hydrogens (primary N) is 2. The zero-order chi connectivity index (χ0) is 32.3. The lowest BCUT2D eigenvalue weighted by molar-refractivity contribution is 1.12. The lowest BCUT2D eigenvalue weighted by Crippen LogP contribution is -2.03. The van der Waals surface area contributed by atoms with Crippen LogP contribution in [0.2, 0.25) is 0 Å². The molecule has 226 valence electrons. The summed E-state index contributed by atoms with van der Waals surface area (Å²) in [6.07, 6.45) is 3.54. The highest BCUT2D eigenvalue weighted by Crippen LogP contribution is 2.34. The Morgan fingerprint density at radius 3 is 1.53 bits per heavy atom. The Balaban J connectivity index is 0.000000150. The van der Waals surface area contributed by atoms with Gasteiger partial charge in [0.1, 0.15) is 10.7 Å². The van der Waals surface area contributed by atoms with E-state index in [0.29, 0.717) is 21.8 Å². The smallest absolute Gasteiger partial charge is 0.183 e. The van der Waals surface area contributed by atoms with Gasteiger partial charge in [0, 0.05) is 33.0 Å². The molecule has 11 nitrogen and oxygen atoms in total. The van der Waals surface area contributed by atoms with Crippen molar-refractivity contribution >= 4 is 49.4 Å². The van der Waals surface area contributed by atoms with Crippen molar-refractivity contribution in [2.75, 3.05) is 11.5 Å². The van der Waals surface area contributed by atoms with Crippen LogP contribution < -0.4 is 11.5 Å². The normalized spacial score (nSPS) is 10.8. The summed E-state index contributed by atoms with van der Waals surface area (Å²) in [6.45, 7) is 0. The number of hydrogen-bond donors (Lipinski definition) is 4. The number of rotatable bonds is 4. The van der Waals surface area contributed by atoms with Gasteiger partial charge in [-0.15, -0.1) is 0 Å². The van der Waals surface area contributed by atoms with E-state index in [-0.39, 0.29) is 11.5 Å². The van der Waals surface area contributed by atoms with Crippen molar-refractivity contribution in [2.45, 2.75) is 0 Å². The highest BCUT2D eigenvalue weighted by atomic mass is 79.9. The molecule has 0 aliphatic carbocycles. The molecule has 0 spiro atoms. The maximum atomic E-state index is 9.24. The molecule has 0 saturated carbocycles. The molecule has 0 aliphatic heterocycles. The van der Waals surface area contributed by atoms with Gasteiger partial charge in [0.05, 0.1) is 46.2 Å². The van der Waals surface area contributed by atoms with E-state index in [4.69, 9.17) is 11.5 Å². The SMILES string of the molecule is N#Cc1nc(-c2ccc3[nH]ncc3c2)c(-c2ccccc2)nc1N.Nc1nc(-c2ccccc2)c(-c2ccc3[nH]ncc3c2)nc1Br. The third-order valence-corrected chi connectivity index (χ3v) is 8.01. The van der Waals surface area contributed by atoms with Gasteiger partial charge >= 0.3 is 0 Å². The second-order valence-electron chi connectivity index (χ2n) is 10.4. The second-order valence-corrected chi connectivity index (χ2v) is 11.2. The van der Waals surface area contributed by atoms with E-state index in [0.717, 1.165) is 55.4 Å². The highest BCUT2D eigenvalue weighted by molar-refractivity contribution is 9.10. The van der Waals surface area contributed by atoms with Crippen LogP contribution in [0, 0.1) is 11.3 Å². The van der Waals surface area contributed by atoms with Crippen molar-refractivity contribution in [1.82, 2.24) is 40.3 Å². The summed E-state index contributed by atoms with van der Waals surface area (Å²) in [4.78, 5) is 18.0. The molecule has 0 atom stereocenters. The van der Waals surface area contributed by atoms with Gasteiger partial charge in [-0.25, -0.2) is 19.9 Å². The van der Waals surface area contributed by atoms with Crippen molar-refractivity contribution in [2.24, 2.45) is 0 Å². The number of nitrogens with zero attached hydrogens (tertiary/aromatic N) is 7. The van der Waals surface area contributed by atoms with Crippen LogP contribution in [0.4, 0.5) is 11.6 Å². The van der Waals surface area contributed by atoms with Gasteiger partial charge in [-0.05, 0) is 40.2 Å². The molecule has 0 amide bonds. The maximum Gasteiger partial charge on any atom is 0.183 e. The summed E-state index contributed by atoms with van der Waals surface area (Å²) in [5.74, 6) is 0.501. The van der Waals surface area contributed by atoms with E-state index in [1.165, 1.54) is 0 Å². The van der Waals surface area contributed by atoms with Gasteiger partial charge in [0.25, 0.3) is 0 Å². The van der Waals surface area contributed by atoms with Crippen LogP contribution in [-0.4, -0.2) is 40.3 Å². The topological polar surface area (TPSA) is 185 Å². The van der Waals surface area contributed by atoms with Crippen LogP contribution in [0.1, 0.15) is 5.69 Å². The Bertz CT molecular complexity index is 2410. The minimum Gasteiger partial charge on any atom is -0.381 e. The zero-order valence-corrected chi connectivity index (χ0v) is 26.1. The number of hydrogen-bond acceptors (Lipinski definition) is 9. The first-order valence-electron chi connectivity index (χ1n) is 14.4. The van der Waals surface area contributed by atoms with Crippen LogP contribution in [0.3, 0.4) is 0 Å². The summed E-state index contributed by atoms with van der Waals surface area (Å²) in [5, 5.41) is 25.2. The second kappa shape index (κ2) is 12.5. The summed E-state index contributed by atoms with van der Waals surface area (Å²) < 4.78 is 0.541. The number of fused-ring (bicyclic) bond motifs is 2. The Labute approximate surface area is 276 Å².